The number of carbonyl (C=O) groups is 1. The van der Waals surface area contributed by atoms with E-state index in [0.717, 1.165) is 39.0 Å². The summed E-state index contributed by atoms with van der Waals surface area (Å²) in [6.45, 7) is 6.73. The lowest BCUT2D eigenvalue weighted by atomic mass is 9.96. The van der Waals surface area contributed by atoms with Crippen LogP contribution in [0.2, 0.25) is 0 Å². The SMILES string of the molecule is O=C(Cn1nccc1C1CCCNC1)N1CCC(N2CCSCC2)CC1. The van der Waals surface area contributed by atoms with Gasteiger partial charge in [0, 0.05) is 68.1 Å². The average Bonchev–Trinajstić information content (AvgIpc) is 3.17. The van der Waals surface area contributed by atoms with Crippen LogP contribution >= 0.6 is 11.8 Å². The predicted molar refractivity (Wildman–Crippen MR) is 106 cm³/mol. The third-order valence-corrected chi connectivity index (χ3v) is 7.07. The maximum Gasteiger partial charge on any atom is 0.244 e. The topological polar surface area (TPSA) is 53.4 Å². The molecule has 144 valence electrons. The van der Waals surface area contributed by atoms with Gasteiger partial charge in [0.1, 0.15) is 6.54 Å². The first-order chi connectivity index (χ1) is 12.8. The second-order valence-electron chi connectivity index (χ2n) is 7.72. The van der Waals surface area contributed by atoms with E-state index in [9.17, 15) is 4.79 Å². The zero-order valence-corrected chi connectivity index (χ0v) is 16.4. The minimum atomic E-state index is 0.228. The largest absolute Gasteiger partial charge is 0.341 e. The van der Waals surface area contributed by atoms with Gasteiger partial charge in [-0.3, -0.25) is 14.4 Å². The van der Waals surface area contributed by atoms with Gasteiger partial charge in [-0.2, -0.15) is 16.9 Å². The molecule has 1 atom stereocenters. The fourth-order valence-corrected chi connectivity index (χ4v) is 5.51. The zero-order valence-electron chi connectivity index (χ0n) is 15.6. The Morgan fingerprint density at radius 3 is 2.73 bits per heavy atom. The number of thioether (sulfide) groups is 1. The van der Waals surface area contributed by atoms with E-state index < -0.39 is 0 Å². The molecule has 7 heteroatoms. The van der Waals surface area contributed by atoms with Gasteiger partial charge < -0.3 is 10.2 Å². The Hall–Kier alpha value is -1.05. The van der Waals surface area contributed by atoms with Crippen LogP contribution in [0, 0.1) is 0 Å². The van der Waals surface area contributed by atoms with Crippen LogP contribution in [0.25, 0.3) is 0 Å². The van der Waals surface area contributed by atoms with Crippen LogP contribution in [-0.4, -0.2) is 82.3 Å². The van der Waals surface area contributed by atoms with Crippen molar-refractivity contribution in [1.29, 1.82) is 0 Å². The van der Waals surface area contributed by atoms with Crippen LogP contribution in [0.4, 0.5) is 0 Å². The molecule has 26 heavy (non-hydrogen) atoms. The van der Waals surface area contributed by atoms with E-state index in [1.165, 1.54) is 43.1 Å². The van der Waals surface area contributed by atoms with E-state index in [2.05, 4.69) is 38.0 Å². The first-order valence-corrected chi connectivity index (χ1v) is 11.3. The third-order valence-electron chi connectivity index (χ3n) is 6.13. The lowest BCUT2D eigenvalue weighted by molar-refractivity contribution is -0.133. The molecule has 1 N–H and O–H groups in total. The smallest absolute Gasteiger partial charge is 0.244 e. The molecule has 0 bridgehead atoms. The lowest BCUT2D eigenvalue weighted by Crippen LogP contribution is -2.49. The van der Waals surface area contributed by atoms with Crippen LogP contribution in [0.15, 0.2) is 12.3 Å². The standard InChI is InChI=1S/C19H31N5OS/c25-19(15-24-18(3-7-21-24)16-2-1-6-20-14-16)23-8-4-17(5-9-23)22-10-12-26-13-11-22/h3,7,16-17,20H,1-2,4-6,8-15H2. The highest BCUT2D eigenvalue weighted by Crippen LogP contribution is 2.24. The zero-order chi connectivity index (χ0) is 17.8. The summed E-state index contributed by atoms with van der Waals surface area (Å²) in [4.78, 5) is 17.5. The van der Waals surface area contributed by atoms with Crippen LogP contribution in [0.3, 0.4) is 0 Å². The minimum Gasteiger partial charge on any atom is -0.341 e. The molecule has 3 aliphatic heterocycles. The maximum absolute atomic E-state index is 12.8. The molecule has 3 aliphatic rings. The lowest BCUT2D eigenvalue weighted by Gasteiger charge is -2.40. The normalized spacial score (nSPS) is 26.2. The van der Waals surface area contributed by atoms with Gasteiger partial charge in [-0.05, 0) is 38.3 Å². The summed E-state index contributed by atoms with van der Waals surface area (Å²) >= 11 is 2.06. The van der Waals surface area contributed by atoms with Gasteiger partial charge in [0.05, 0.1) is 0 Å². The molecule has 1 amide bonds. The van der Waals surface area contributed by atoms with Crippen molar-refractivity contribution in [1.82, 2.24) is 24.9 Å². The van der Waals surface area contributed by atoms with Crippen molar-refractivity contribution in [3.05, 3.63) is 18.0 Å². The summed E-state index contributed by atoms with van der Waals surface area (Å²) in [6.07, 6.45) is 6.47. The number of rotatable bonds is 4. The van der Waals surface area contributed by atoms with Gasteiger partial charge in [0.15, 0.2) is 0 Å². The molecule has 0 radical (unpaired) electrons. The van der Waals surface area contributed by atoms with Gasteiger partial charge >= 0.3 is 0 Å². The fourth-order valence-electron chi connectivity index (χ4n) is 4.58. The van der Waals surface area contributed by atoms with E-state index in [1.807, 2.05) is 10.9 Å². The van der Waals surface area contributed by atoms with Crippen molar-refractivity contribution in [3.8, 4) is 0 Å². The Kier molecular flexibility index (Phi) is 6.17. The second-order valence-corrected chi connectivity index (χ2v) is 8.94. The number of hydrogen-bond acceptors (Lipinski definition) is 5. The predicted octanol–water partition coefficient (Wildman–Crippen LogP) is 1.39. The summed E-state index contributed by atoms with van der Waals surface area (Å²) in [5.74, 6) is 3.24. The number of nitrogens with one attached hydrogen (secondary N) is 1. The second kappa shape index (κ2) is 8.76. The number of amides is 1. The van der Waals surface area contributed by atoms with Gasteiger partial charge in [0.2, 0.25) is 5.91 Å². The molecular formula is C19H31N5OS. The first kappa shape index (κ1) is 18.3. The van der Waals surface area contributed by atoms with Crippen LogP contribution in [0.1, 0.15) is 37.3 Å². The Morgan fingerprint density at radius 1 is 1.19 bits per heavy atom. The summed E-state index contributed by atoms with van der Waals surface area (Å²) in [5, 5.41) is 7.91. The Balaban J connectivity index is 1.30. The van der Waals surface area contributed by atoms with Gasteiger partial charge in [-0.25, -0.2) is 0 Å². The molecule has 0 saturated carbocycles. The molecule has 1 unspecified atom stereocenters. The molecule has 0 spiro atoms. The third kappa shape index (κ3) is 4.26. The highest BCUT2D eigenvalue weighted by Gasteiger charge is 2.28. The molecule has 6 nitrogen and oxygen atoms in total. The molecular weight excluding hydrogens is 346 g/mol. The Morgan fingerprint density at radius 2 is 2.00 bits per heavy atom. The van der Waals surface area contributed by atoms with E-state index in [1.54, 1.807) is 0 Å². The van der Waals surface area contributed by atoms with Crippen molar-refractivity contribution in [2.24, 2.45) is 0 Å². The molecule has 3 saturated heterocycles. The fraction of sp³-hybridized carbons (Fsp3) is 0.789. The summed E-state index contributed by atoms with van der Waals surface area (Å²) in [7, 11) is 0. The molecule has 0 aromatic carbocycles. The number of hydrogen-bond donors (Lipinski definition) is 1. The molecule has 0 aliphatic carbocycles. The van der Waals surface area contributed by atoms with E-state index in [0.29, 0.717) is 18.5 Å². The van der Waals surface area contributed by atoms with Crippen molar-refractivity contribution in [2.45, 2.75) is 44.2 Å². The quantitative estimate of drug-likeness (QED) is 0.859. The highest BCUT2D eigenvalue weighted by molar-refractivity contribution is 7.99. The molecule has 1 aromatic rings. The summed E-state index contributed by atoms with van der Waals surface area (Å²) in [5.41, 5.74) is 1.21. The highest BCUT2D eigenvalue weighted by atomic mass is 32.2. The van der Waals surface area contributed by atoms with Crippen LogP contribution < -0.4 is 5.32 Å². The van der Waals surface area contributed by atoms with Crippen LogP contribution in [0.5, 0.6) is 0 Å². The average molecular weight is 378 g/mol. The molecule has 3 fully saturated rings. The van der Waals surface area contributed by atoms with E-state index in [4.69, 9.17) is 0 Å². The van der Waals surface area contributed by atoms with Crippen molar-refractivity contribution < 1.29 is 4.79 Å². The Labute approximate surface area is 160 Å². The summed E-state index contributed by atoms with van der Waals surface area (Å²) in [6, 6.07) is 2.76. The van der Waals surface area contributed by atoms with Gasteiger partial charge in [-0.1, -0.05) is 0 Å². The van der Waals surface area contributed by atoms with E-state index >= 15 is 0 Å². The minimum absolute atomic E-state index is 0.228. The van der Waals surface area contributed by atoms with Crippen molar-refractivity contribution in [2.75, 3.05) is 50.8 Å². The van der Waals surface area contributed by atoms with Crippen molar-refractivity contribution >= 4 is 17.7 Å². The molecule has 4 heterocycles. The number of piperidine rings is 2. The monoisotopic (exact) mass is 377 g/mol. The first-order valence-electron chi connectivity index (χ1n) is 10.1. The molecule has 1 aromatic heterocycles. The Bertz CT molecular complexity index is 587. The van der Waals surface area contributed by atoms with Crippen LogP contribution in [-0.2, 0) is 11.3 Å². The van der Waals surface area contributed by atoms with Gasteiger partial charge in [0.25, 0.3) is 0 Å². The number of likely N-dealkylation sites (tertiary alicyclic amines) is 1. The van der Waals surface area contributed by atoms with Crippen molar-refractivity contribution in [3.63, 3.8) is 0 Å². The summed E-state index contributed by atoms with van der Waals surface area (Å²) < 4.78 is 1.94. The molecule has 4 rings (SSSR count). The number of carbonyl (C=O) groups excluding carboxylic acids is 1. The number of nitrogens with zero attached hydrogens (tertiary/aromatic N) is 4. The van der Waals surface area contributed by atoms with Gasteiger partial charge in [-0.15, -0.1) is 0 Å². The van der Waals surface area contributed by atoms with E-state index in [-0.39, 0.29) is 5.91 Å². The maximum atomic E-state index is 12.8. The number of aromatic nitrogens is 2.